The van der Waals surface area contributed by atoms with E-state index in [0.717, 1.165) is 5.56 Å². The van der Waals surface area contributed by atoms with Gasteiger partial charge in [0.2, 0.25) is 5.91 Å². The number of ether oxygens (including phenoxy) is 1. The van der Waals surface area contributed by atoms with Gasteiger partial charge in [0.1, 0.15) is 17.9 Å². The number of methoxy groups -OCH3 is 1. The molecule has 0 spiro atoms. The van der Waals surface area contributed by atoms with Crippen molar-refractivity contribution >= 4 is 39.9 Å². The minimum absolute atomic E-state index is 0.0137. The molecule has 158 valence electrons. The van der Waals surface area contributed by atoms with E-state index >= 15 is 0 Å². The fourth-order valence-electron chi connectivity index (χ4n) is 3.19. The van der Waals surface area contributed by atoms with E-state index in [-0.39, 0.29) is 10.7 Å². The van der Waals surface area contributed by atoms with E-state index in [1.54, 1.807) is 32.2 Å². The standard InChI is InChI=1S/C21H23ClFN5O2/c1-4-28(12(2)20(24)29)10-13-8-14-17(9-18(13)30-3)25-11-26-21(14)27-16-7-5-6-15(22)19(16)23/h5-9,11-12H,4,10H2,1-3H3,(H2,24,29)(H,25,26,27)/t12-/m1/s1. The molecule has 2 aromatic carbocycles. The van der Waals surface area contributed by atoms with Crippen molar-refractivity contribution in [2.24, 2.45) is 5.73 Å². The number of aromatic nitrogens is 2. The fourth-order valence-corrected chi connectivity index (χ4v) is 3.37. The van der Waals surface area contributed by atoms with Gasteiger partial charge in [-0.05, 0) is 31.7 Å². The Hall–Kier alpha value is -2.97. The molecule has 1 amide bonds. The van der Waals surface area contributed by atoms with Gasteiger partial charge in [0.05, 0.1) is 29.4 Å². The summed E-state index contributed by atoms with van der Waals surface area (Å²) in [4.78, 5) is 22.1. The monoisotopic (exact) mass is 431 g/mol. The third-order valence-electron chi connectivity index (χ3n) is 4.98. The molecule has 1 atom stereocenters. The van der Waals surface area contributed by atoms with Crippen LogP contribution in [0.25, 0.3) is 10.9 Å². The van der Waals surface area contributed by atoms with Crippen LogP contribution in [0.2, 0.25) is 5.02 Å². The van der Waals surface area contributed by atoms with Crippen molar-refractivity contribution in [1.82, 2.24) is 14.9 Å². The number of halogens is 2. The van der Waals surface area contributed by atoms with E-state index in [1.165, 1.54) is 12.4 Å². The number of anilines is 2. The Bertz CT molecular complexity index is 1080. The van der Waals surface area contributed by atoms with Gasteiger partial charge < -0.3 is 15.8 Å². The number of nitrogens with zero attached hydrogens (tertiary/aromatic N) is 3. The van der Waals surface area contributed by atoms with Crippen molar-refractivity contribution in [2.45, 2.75) is 26.4 Å². The average molecular weight is 432 g/mol. The molecule has 0 saturated heterocycles. The molecule has 0 aliphatic heterocycles. The highest BCUT2D eigenvalue weighted by Crippen LogP contribution is 2.32. The molecule has 0 unspecified atom stereocenters. The van der Waals surface area contributed by atoms with Crippen LogP contribution in [0.3, 0.4) is 0 Å². The van der Waals surface area contributed by atoms with Gasteiger partial charge in [0, 0.05) is 23.6 Å². The number of nitrogens with one attached hydrogen (secondary N) is 1. The smallest absolute Gasteiger partial charge is 0.234 e. The molecule has 1 heterocycles. The molecule has 0 radical (unpaired) electrons. The van der Waals surface area contributed by atoms with Crippen LogP contribution in [0.15, 0.2) is 36.7 Å². The van der Waals surface area contributed by atoms with Crippen LogP contribution in [-0.2, 0) is 11.3 Å². The van der Waals surface area contributed by atoms with Gasteiger partial charge in [-0.3, -0.25) is 9.69 Å². The molecule has 0 fully saturated rings. The lowest BCUT2D eigenvalue weighted by Gasteiger charge is -2.26. The molecule has 0 bridgehead atoms. The second kappa shape index (κ2) is 9.23. The van der Waals surface area contributed by atoms with E-state index in [1.807, 2.05) is 17.9 Å². The lowest BCUT2D eigenvalue weighted by Crippen LogP contribution is -2.42. The molecule has 1 aromatic heterocycles. The second-order valence-corrected chi connectivity index (χ2v) is 7.18. The molecule has 0 saturated carbocycles. The molecule has 7 nitrogen and oxygen atoms in total. The number of carbonyl (C=O) groups is 1. The first-order valence-corrected chi connectivity index (χ1v) is 9.79. The van der Waals surface area contributed by atoms with Gasteiger partial charge in [0.15, 0.2) is 5.82 Å². The van der Waals surface area contributed by atoms with E-state index < -0.39 is 17.8 Å². The van der Waals surface area contributed by atoms with Crippen LogP contribution in [0, 0.1) is 5.82 Å². The topological polar surface area (TPSA) is 93.4 Å². The molecule has 3 aromatic rings. The van der Waals surface area contributed by atoms with Gasteiger partial charge in [-0.15, -0.1) is 0 Å². The third-order valence-corrected chi connectivity index (χ3v) is 5.27. The maximum absolute atomic E-state index is 14.4. The number of carbonyl (C=O) groups excluding carboxylic acids is 1. The Labute approximate surface area is 179 Å². The highest BCUT2D eigenvalue weighted by atomic mass is 35.5. The minimum Gasteiger partial charge on any atom is -0.496 e. The van der Waals surface area contributed by atoms with Crippen molar-refractivity contribution < 1.29 is 13.9 Å². The van der Waals surface area contributed by atoms with Crippen LogP contribution >= 0.6 is 11.6 Å². The summed E-state index contributed by atoms with van der Waals surface area (Å²) in [6.45, 7) is 4.76. The SMILES string of the molecule is CCN(Cc1cc2c(Nc3cccc(Cl)c3F)ncnc2cc1OC)[C@H](C)C(N)=O. The summed E-state index contributed by atoms with van der Waals surface area (Å²) >= 11 is 5.88. The van der Waals surface area contributed by atoms with E-state index in [2.05, 4.69) is 15.3 Å². The van der Waals surface area contributed by atoms with Crippen molar-refractivity contribution in [2.75, 3.05) is 19.0 Å². The summed E-state index contributed by atoms with van der Waals surface area (Å²) in [6.07, 6.45) is 1.39. The summed E-state index contributed by atoms with van der Waals surface area (Å²) in [5.41, 5.74) is 7.13. The van der Waals surface area contributed by atoms with Crippen molar-refractivity contribution in [3.05, 3.63) is 53.1 Å². The number of benzene rings is 2. The summed E-state index contributed by atoms with van der Waals surface area (Å²) < 4.78 is 19.9. The quantitative estimate of drug-likeness (QED) is 0.562. The zero-order valence-corrected chi connectivity index (χ0v) is 17.7. The number of primary amides is 1. The number of hydrogen-bond acceptors (Lipinski definition) is 6. The first-order chi connectivity index (χ1) is 14.3. The maximum Gasteiger partial charge on any atom is 0.234 e. The summed E-state index contributed by atoms with van der Waals surface area (Å²) in [5.74, 6) is 0.0816. The Morgan fingerprint density at radius 3 is 2.80 bits per heavy atom. The molecule has 0 aliphatic rings. The number of fused-ring (bicyclic) bond motifs is 1. The van der Waals surface area contributed by atoms with E-state index in [4.69, 9.17) is 22.1 Å². The van der Waals surface area contributed by atoms with Crippen molar-refractivity contribution in [1.29, 1.82) is 0 Å². The van der Waals surface area contributed by atoms with E-state index in [9.17, 15) is 9.18 Å². The largest absolute Gasteiger partial charge is 0.496 e. The number of amides is 1. The zero-order valence-electron chi connectivity index (χ0n) is 16.9. The average Bonchev–Trinajstić information content (AvgIpc) is 2.74. The van der Waals surface area contributed by atoms with Gasteiger partial charge in [0.25, 0.3) is 0 Å². The molecule has 9 heteroatoms. The molecule has 3 N–H and O–H groups in total. The first kappa shape index (κ1) is 21.7. The molecule has 3 rings (SSSR count). The molecular formula is C21H23ClFN5O2. The fraction of sp³-hybridized carbons (Fsp3) is 0.286. The predicted molar refractivity (Wildman–Crippen MR) is 116 cm³/mol. The van der Waals surface area contributed by atoms with Crippen LogP contribution < -0.4 is 15.8 Å². The van der Waals surface area contributed by atoms with Crippen LogP contribution in [0.1, 0.15) is 19.4 Å². The number of rotatable bonds is 8. The van der Waals surface area contributed by atoms with Crippen LogP contribution in [0.5, 0.6) is 5.75 Å². The molecule has 30 heavy (non-hydrogen) atoms. The summed E-state index contributed by atoms with van der Waals surface area (Å²) in [6, 6.07) is 7.91. The van der Waals surface area contributed by atoms with Crippen molar-refractivity contribution in [3.8, 4) is 5.75 Å². The number of likely N-dealkylation sites (N-methyl/N-ethyl adjacent to an activating group) is 1. The van der Waals surface area contributed by atoms with E-state index in [0.29, 0.717) is 35.6 Å². The molecular weight excluding hydrogens is 409 g/mol. The Kier molecular flexibility index (Phi) is 6.69. The molecule has 0 aliphatic carbocycles. The Morgan fingerprint density at radius 2 is 2.13 bits per heavy atom. The zero-order chi connectivity index (χ0) is 21.8. The summed E-state index contributed by atoms with van der Waals surface area (Å²) in [7, 11) is 1.57. The third kappa shape index (κ3) is 4.44. The van der Waals surface area contributed by atoms with Gasteiger partial charge in [-0.1, -0.05) is 24.6 Å². The maximum atomic E-state index is 14.4. The van der Waals surface area contributed by atoms with Gasteiger partial charge in [-0.2, -0.15) is 0 Å². The number of hydrogen-bond donors (Lipinski definition) is 2. The highest BCUT2D eigenvalue weighted by Gasteiger charge is 2.20. The minimum atomic E-state index is -0.563. The first-order valence-electron chi connectivity index (χ1n) is 9.41. The van der Waals surface area contributed by atoms with Crippen LogP contribution in [0.4, 0.5) is 15.9 Å². The van der Waals surface area contributed by atoms with Crippen molar-refractivity contribution in [3.63, 3.8) is 0 Å². The van der Waals surface area contributed by atoms with Crippen LogP contribution in [-0.4, -0.2) is 40.5 Å². The van der Waals surface area contributed by atoms with Gasteiger partial charge in [-0.25, -0.2) is 14.4 Å². The van der Waals surface area contributed by atoms with Gasteiger partial charge >= 0.3 is 0 Å². The number of nitrogens with two attached hydrogens (primary N) is 1. The Morgan fingerprint density at radius 1 is 1.37 bits per heavy atom. The second-order valence-electron chi connectivity index (χ2n) is 6.77. The highest BCUT2D eigenvalue weighted by molar-refractivity contribution is 6.31. The summed E-state index contributed by atoms with van der Waals surface area (Å²) in [5, 5.41) is 3.68. The normalized spacial score (nSPS) is 12.2. The Balaban J connectivity index is 2.05. The lowest BCUT2D eigenvalue weighted by atomic mass is 10.1. The predicted octanol–water partition coefficient (Wildman–Crippen LogP) is 3.87. The lowest BCUT2D eigenvalue weighted by molar-refractivity contribution is -0.122.